The Hall–Kier alpha value is -8.63. The summed E-state index contributed by atoms with van der Waals surface area (Å²) in [6, 6.07) is 63.9. The quantitative estimate of drug-likeness (QED) is 0.151. The lowest BCUT2D eigenvalue weighted by atomic mass is 9.97. The van der Waals surface area contributed by atoms with Crippen LogP contribution in [0.4, 0.5) is 13.2 Å². The molecular formula is C55H34F3N7. The van der Waals surface area contributed by atoms with E-state index in [1.54, 1.807) is 18.2 Å². The van der Waals surface area contributed by atoms with Crippen LogP contribution in [-0.4, -0.2) is 34.5 Å². The first-order valence-corrected chi connectivity index (χ1v) is 20.9. The molecule has 10 heteroatoms. The van der Waals surface area contributed by atoms with Gasteiger partial charge in [-0.3, -0.25) is 0 Å². The van der Waals surface area contributed by atoms with Gasteiger partial charge in [-0.2, -0.15) is 13.2 Å². The van der Waals surface area contributed by atoms with Crippen molar-refractivity contribution < 1.29 is 13.2 Å². The second-order valence-corrected chi connectivity index (χ2v) is 15.4. The molecule has 0 saturated heterocycles. The molecule has 3 aromatic heterocycles. The van der Waals surface area contributed by atoms with Crippen molar-refractivity contribution in [1.82, 2.24) is 34.5 Å². The van der Waals surface area contributed by atoms with Crippen molar-refractivity contribution in [2.24, 2.45) is 0 Å². The van der Waals surface area contributed by atoms with E-state index < -0.39 is 11.7 Å². The Morgan fingerprint density at radius 1 is 0.308 bits per heavy atom. The molecule has 0 saturated carbocycles. The van der Waals surface area contributed by atoms with Crippen LogP contribution in [0.5, 0.6) is 0 Å². The number of rotatable bonds is 8. The van der Waals surface area contributed by atoms with Crippen LogP contribution in [0.3, 0.4) is 0 Å². The molecule has 0 radical (unpaired) electrons. The molecule has 11 rings (SSSR count). The fraction of sp³-hybridized carbons (Fsp3) is 0.0182. The molecule has 0 bridgehead atoms. The Labute approximate surface area is 371 Å². The van der Waals surface area contributed by atoms with Gasteiger partial charge in [0.2, 0.25) is 0 Å². The molecular weight excluding hydrogens is 816 g/mol. The molecule has 0 atom stereocenters. The van der Waals surface area contributed by atoms with E-state index in [1.807, 2.05) is 170 Å². The molecule has 0 aliphatic carbocycles. The van der Waals surface area contributed by atoms with Crippen LogP contribution in [-0.2, 0) is 6.18 Å². The highest BCUT2D eigenvalue weighted by molar-refractivity contribution is 6.10. The third-order valence-corrected chi connectivity index (χ3v) is 11.4. The zero-order valence-corrected chi connectivity index (χ0v) is 34.4. The second kappa shape index (κ2) is 16.2. The van der Waals surface area contributed by atoms with E-state index in [1.165, 1.54) is 12.1 Å². The molecule has 0 unspecified atom stereocenters. The van der Waals surface area contributed by atoms with Crippen molar-refractivity contribution in [3.8, 4) is 85.1 Å². The maximum atomic E-state index is 14.7. The van der Waals surface area contributed by atoms with Crippen molar-refractivity contribution >= 4 is 21.8 Å². The summed E-state index contributed by atoms with van der Waals surface area (Å²) in [4.78, 5) is 30.1. The number of aromatic nitrogens is 7. The van der Waals surface area contributed by atoms with E-state index in [-0.39, 0.29) is 5.56 Å². The minimum atomic E-state index is -4.59. The normalized spacial score (nSPS) is 11.6. The first-order chi connectivity index (χ1) is 31.9. The first kappa shape index (κ1) is 39.2. The SMILES string of the molecule is FC(F)(F)c1ccccc1-c1ccc(-c2nc(-c3ccccc3)nc(-c3ccccc3)n2)c(-n2c3ccccc3c3ccc(-c4nc(-c5ccccc5)nc(-c5ccccc5)n4)cc32)c1. The molecule has 0 aliphatic heterocycles. The van der Waals surface area contributed by atoms with Crippen molar-refractivity contribution in [1.29, 1.82) is 0 Å². The fourth-order valence-corrected chi connectivity index (χ4v) is 8.29. The predicted octanol–water partition coefficient (Wildman–Crippen LogP) is 13.8. The highest BCUT2D eigenvalue weighted by Gasteiger charge is 2.33. The number of nitrogens with zero attached hydrogens (tertiary/aromatic N) is 7. The fourth-order valence-electron chi connectivity index (χ4n) is 8.29. The zero-order chi connectivity index (χ0) is 43.9. The molecule has 310 valence electrons. The summed E-state index contributed by atoms with van der Waals surface area (Å²) in [6.45, 7) is 0. The predicted molar refractivity (Wildman–Crippen MR) is 251 cm³/mol. The molecule has 8 aromatic carbocycles. The monoisotopic (exact) mass is 849 g/mol. The van der Waals surface area contributed by atoms with Crippen molar-refractivity contribution in [3.63, 3.8) is 0 Å². The van der Waals surface area contributed by atoms with Gasteiger partial charge in [0.15, 0.2) is 34.9 Å². The average molecular weight is 850 g/mol. The van der Waals surface area contributed by atoms with E-state index in [9.17, 15) is 13.2 Å². The van der Waals surface area contributed by atoms with Crippen molar-refractivity contribution in [2.75, 3.05) is 0 Å². The molecule has 0 fully saturated rings. The first-order valence-electron chi connectivity index (χ1n) is 20.9. The molecule has 0 aliphatic rings. The van der Waals surface area contributed by atoms with Gasteiger partial charge in [0, 0.05) is 44.2 Å². The van der Waals surface area contributed by atoms with Crippen LogP contribution in [0.2, 0.25) is 0 Å². The summed E-state index contributed by atoms with van der Waals surface area (Å²) >= 11 is 0. The molecule has 0 spiro atoms. The number of fused-ring (bicyclic) bond motifs is 3. The lowest BCUT2D eigenvalue weighted by Crippen LogP contribution is -2.07. The van der Waals surface area contributed by atoms with Crippen LogP contribution < -0.4 is 0 Å². The summed E-state index contributed by atoms with van der Waals surface area (Å²) < 4.78 is 46.2. The molecule has 0 amide bonds. The van der Waals surface area contributed by atoms with Gasteiger partial charge in [-0.25, -0.2) is 29.9 Å². The van der Waals surface area contributed by atoms with Crippen LogP contribution in [0.25, 0.3) is 107 Å². The Bertz CT molecular complexity index is 3410. The van der Waals surface area contributed by atoms with Gasteiger partial charge < -0.3 is 4.57 Å². The standard InChI is InChI=1S/C55H34F3N7/c56-55(57,58)45-27-15-13-25-41(45)39-29-32-44(54-63-51(37-21-9-3-10-22-37)60-52(64-54)38-23-11-4-12-24-38)48(33-39)65-46-28-16-14-26-42(46)43-31-30-40(34-47(43)65)53-61-49(35-17-5-1-6-18-35)59-50(62-53)36-19-7-2-8-20-36/h1-34H. The molecule has 65 heavy (non-hydrogen) atoms. The number of hydrogen-bond acceptors (Lipinski definition) is 6. The second-order valence-electron chi connectivity index (χ2n) is 15.4. The van der Waals surface area contributed by atoms with Gasteiger partial charge in [-0.1, -0.05) is 176 Å². The van der Waals surface area contributed by atoms with Crippen LogP contribution in [0.1, 0.15) is 5.56 Å². The Balaban J connectivity index is 1.20. The maximum absolute atomic E-state index is 14.7. The maximum Gasteiger partial charge on any atom is 0.417 e. The Morgan fingerprint density at radius 3 is 1.25 bits per heavy atom. The summed E-state index contributed by atoms with van der Waals surface area (Å²) in [7, 11) is 0. The summed E-state index contributed by atoms with van der Waals surface area (Å²) in [6.07, 6.45) is -4.59. The van der Waals surface area contributed by atoms with E-state index in [2.05, 4.69) is 4.57 Å². The Kier molecular flexibility index (Phi) is 9.81. The van der Waals surface area contributed by atoms with Crippen molar-refractivity contribution in [3.05, 3.63) is 212 Å². The van der Waals surface area contributed by atoms with Gasteiger partial charge in [0.05, 0.1) is 22.3 Å². The highest BCUT2D eigenvalue weighted by atomic mass is 19.4. The van der Waals surface area contributed by atoms with Gasteiger partial charge >= 0.3 is 6.18 Å². The van der Waals surface area contributed by atoms with E-state index >= 15 is 0 Å². The zero-order valence-electron chi connectivity index (χ0n) is 34.4. The largest absolute Gasteiger partial charge is 0.417 e. The van der Waals surface area contributed by atoms with E-state index in [0.29, 0.717) is 51.8 Å². The minimum Gasteiger partial charge on any atom is -0.308 e. The third-order valence-electron chi connectivity index (χ3n) is 11.4. The van der Waals surface area contributed by atoms with Crippen LogP contribution in [0.15, 0.2) is 206 Å². The molecule has 0 N–H and O–H groups in total. The number of alkyl halides is 3. The minimum absolute atomic E-state index is 0.0481. The van der Waals surface area contributed by atoms with Crippen molar-refractivity contribution in [2.45, 2.75) is 6.18 Å². The van der Waals surface area contributed by atoms with Gasteiger partial charge in [0.1, 0.15) is 0 Å². The summed E-state index contributed by atoms with van der Waals surface area (Å²) in [5.41, 5.74) is 6.40. The van der Waals surface area contributed by atoms with Crippen LogP contribution in [0, 0.1) is 0 Å². The number of para-hydroxylation sites is 1. The van der Waals surface area contributed by atoms with Gasteiger partial charge in [-0.05, 0) is 41.5 Å². The highest BCUT2D eigenvalue weighted by Crippen LogP contribution is 2.42. The average Bonchev–Trinajstić information content (AvgIpc) is 3.70. The number of halogens is 3. The summed E-state index contributed by atoms with van der Waals surface area (Å²) in [5.74, 6) is 2.76. The molecule has 11 aromatic rings. The van der Waals surface area contributed by atoms with Crippen LogP contribution >= 0.6 is 0 Å². The number of hydrogen-bond donors (Lipinski definition) is 0. The lowest BCUT2D eigenvalue weighted by molar-refractivity contribution is -0.137. The van der Waals surface area contributed by atoms with Gasteiger partial charge in [-0.15, -0.1) is 0 Å². The smallest absolute Gasteiger partial charge is 0.308 e. The van der Waals surface area contributed by atoms with Gasteiger partial charge in [0.25, 0.3) is 0 Å². The third kappa shape index (κ3) is 7.46. The summed E-state index contributed by atoms with van der Waals surface area (Å²) in [5, 5.41) is 1.86. The lowest BCUT2D eigenvalue weighted by Gasteiger charge is -2.18. The Morgan fingerprint density at radius 2 is 0.723 bits per heavy atom. The molecule has 3 heterocycles. The number of benzene rings is 8. The topological polar surface area (TPSA) is 82.3 Å². The van der Waals surface area contributed by atoms with E-state index in [0.717, 1.165) is 55.7 Å². The van der Waals surface area contributed by atoms with E-state index in [4.69, 9.17) is 29.9 Å². The molecule has 7 nitrogen and oxygen atoms in total.